The van der Waals surface area contributed by atoms with Gasteiger partial charge in [-0.15, -0.1) is 5.10 Å². The number of nitriles is 1. The summed E-state index contributed by atoms with van der Waals surface area (Å²) in [5.74, 6) is -0.830. The average molecular weight is 627 g/mol. The first-order valence-electron chi connectivity index (χ1n) is 14.1. The second-order valence-electron chi connectivity index (χ2n) is 11.7. The van der Waals surface area contributed by atoms with Gasteiger partial charge in [0.2, 0.25) is 5.95 Å². The first-order chi connectivity index (χ1) is 21.1. The third-order valence-electron chi connectivity index (χ3n) is 7.82. The quantitative estimate of drug-likeness (QED) is 0.284. The SMILES string of the molecule is COC(=O)C1=C(C)N(c2cccc(C(F)(F)F)c2)c2n[nH]c(=O)n2[C@@H]1c1ccc(C#N)cc1CCC[N+](C)(C)CC(=O)N(C)C. The molecule has 1 amide bonds. The molecule has 2 aromatic carbocycles. The smallest absolute Gasteiger partial charge is 0.416 e. The fraction of sp³-hybridized carbons (Fsp3) is 0.387. The minimum Gasteiger partial charge on any atom is -0.466 e. The third kappa shape index (κ3) is 6.78. The predicted molar refractivity (Wildman–Crippen MR) is 159 cm³/mol. The van der Waals surface area contributed by atoms with Crippen LogP contribution in [0.5, 0.6) is 0 Å². The molecule has 0 fully saturated rings. The molecule has 1 atom stereocenters. The zero-order valence-electron chi connectivity index (χ0n) is 25.9. The Morgan fingerprint density at radius 3 is 2.51 bits per heavy atom. The fourth-order valence-corrected chi connectivity index (χ4v) is 5.52. The van der Waals surface area contributed by atoms with E-state index in [4.69, 9.17) is 4.74 Å². The lowest BCUT2D eigenvalue weighted by molar-refractivity contribution is -0.882. The fourth-order valence-electron chi connectivity index (χ4n) is 5.52. The number of hydrogen-bond donors (Lipinski definition) is 1. The number of ether oxygens (including phenoxy) is 1. The van der Waals surface area contributed by atoms with Crippen LogP contribution in [0.2, 0.25) is 0 Å². The highest BCUT2D eigenvalue weighted by Gasteiger charge is 2.41. The Hall–Kier alpha value is -4.90. The number of rotatable bonds is 9. The standard InChI is InChI=1S/C31H34F3N7O4/c1-19-26(28(43)45-6)27(40-29(36-37-30(40)44)39(19)23-11-7-10-22(16-23)31(32,33)34)24-13-12-20(17-35)15-21(24)9-8-14-41(4,5)18-25(42)38(2)3/h7,10-13,15-16,27H,8-9,14,18H2,1-6H3/p+1/t27-/m1/s1. The van der Waals surface area contributed by atoms with Crippen molar-refractivity contribution in [2.24, 2.45) is 0 Å². The lowest BCUT2D eigenvalue weighted by Gasteiger charge is -2.36. The molecule has 2 heterocycles. The summed E-state index contributed by atoms with van der Waals surface area (Å²) < 4.78 is 47.6. The molecule has 0 bridgehead atoms. The van der Waals surface area contributed by atoms with Gasteiger partial charge in [-0.3, -0.25) is 9.69 Å². The molecular weight excluding hydrogens is 591 g/mol. The number of H-pyrrole nitrogens is 1. The van der Waals surface area contributed by atoms with E-state index in [2.05, 4.69) is 16.3 Å². The van der Waals surface area contributed by atoms with Crippen LogP contribution in [-0.4, -0.2) is 84.4 Å². The Labute approximate surface area is 258 Å². The molecule has 238 valence electrons. The lowest BCUT2D eigenvalue weighted by Crippen LogP contribution is -2.47. The van der Waals surface area contributed by atoms with Crippen LogP contribution in [-0.2, 0) is 26.9 Å². The van der Waals surface area contributed by atoms with E-state index >= 15 is 0 Å². The molecule has 11 nitrogen and oxygen atoms in total. The summed E-state index contributed by atoms with van der Waals surface area (Å²) in [5.41, 5.74) is 0.229. The number of likely N-dealkylation sites (N-methyl/N-ethyl adjacent to an activating group) is 2. The number of carbonyl (C=O) groups is 2. The van der Waals surface area contributed by atoms with Crippen molar-refractivity contribution >= 4 is 23.5 Å². The van der Waals surface area contributed by atoms with E-state index in [1.54, 1.807) is 39.2 Å². The summed E-state index contributed by atoms with van der Waals surface area (Å²) in [6.45, 7) is 2.45. The van der Waals surface area contributed by atoms with E-state index in [1.807, 2.05) is 14.1 Å². The van der Waals surface area contributed by atoms with Crippen LogP contribution in [0.15, 0.2) is 58.5 Å². The second kappa shape index (κ2) is 12.6. The number of aryl methyl sites for hydroxylation is 1. The van der Waals surface area contributed by atoms with Gasteiger partial charge in [0.25, 0.3) is 5.91 Å². The van der Waals surface area contributed by atoms with Crippen LogP contribution < -0.4 is 10.6 Å². The summed E-state index contributed by atoms with van der Waals surface area (Å²) in [4.78, 5) is 41.9. The van der Waals surface area contributed by atoms with Crippen LogP contribution in [0, 0.1) is 11.3 Å². The number of benzene rings is 2. The van der Waals surface area contributed by atoms with Crippen molar-refractivity contribution in [1.29, 1.82) is 5.26 Å². The average Bonchev–Trinajstić information content (AvgIpc) is 3.35. The number of aromatic nitrogens is 3. The van der Waals surface area contributed by atoms with Gasteiger partial charge in [0, 0.05) is 31.9 Å². The first-order valence-corrected chi connectivity index (χ1v) is 14.1. The highest BCUT2D eigenvalue weighted by Crippen LogP contribution is 2.43. The zero-order chi connectivity index (χ0) is 33.3. The molecule has 1 aromatic heterocycles. The van der Waals surface area contributed by atoms with Crippen molar-refractivity contribution in [2.75, 3.05) is 53.3 Å². The van der Waals surface area contributed by atoms with Crippen LogP contribution in [0.3, 0.4) is 0 Å². The van der Waals surface area contributed by atoms with E-state index in [0.717, 1.165) is 12.1 Å². The lowest BCUT2D eigenvalue weighted by atomic mass is 9.88. The molecule has 0 radical (unpaired) electrons. The van der Waals surface area contributed by atoms with E-state index in [1.165, 1.54) is 33.6 Å². The van der Waals surface area contributed by atoms with Gasteiger partial charge >= 0.3 is 17.8 Å². The van der Waals surface area contributed by atoms with Gasteiger partial charge in [0.05, 0.1) is 50.5 Å². The van der Waals surface area contributed by atoms with Crippen LogP contribution in [0.4, 0.5) is 24.8 Å². The molecule has 45 heavy (non-hydrogen) atoms. The summed E-state index contributed by atoms with van der Waals surface area (Å²) in [5, 5.41) is 16.2. The number of methoxy groups -OCH3 is 1. The number of nitrogens with zero attached hydrogens (tertiary/aromatic N) is 6. The van der Waals surface area contributed by atoms with Crippen molar-refractivity contribution < 1.29 is 32.0 Å². The number of alkyl halides is 3. The number of esters is 1. The Bertz CT molecular complexity index is 1750. The van der Waals surface area contributed by atoms with Gasteiger partial charge in [-0.25, -0.2) is 19.3 Å². The minimum atomic E-state index is -4.63. The van der Waals surface area contributed by atoms with E-state index in [-0.39, 0.29) is 35.4 Å². The second-order valence-corrected chi connectivity index (χ2v) is 11.7. The maximum Gasteiger partial charge on any atom is 0.416 e. The number of carbonyl (C=O) groups excluding carboxylic acids is 2. The molecule has 3 aromatic rings. The number of fused-ring (bicyclic) bond motifs is 1. The maximum absolute atomic E-state index is 13.6. The van der Waals surface area contributed by atoms with Crippen LogP contribution in [0.1, 0.15) is 41.6 Å². The maximum atomic E-state index is 13.6. The van der Waals surface area contributed by atoms with Crippen molar-refractivity contribution in [2.45, 2.75) is 32.0 Å². The number of allylic oxidation sites excluding steroid dienone is 1. The van der Waals surface area contributed by atoms with Gasteiger partial charge in [-0.2, -0.15) is 18.4 Å². The summed E-state index contributed by atoms with van der Waals surface area (Å²) in [6.07, 6.45) is -3.60. The summed E-state index contributed by atoms with van der Waals surface area (Å²) in [6, 6.07) is 10.5. The largest absolute Gasteiger partial charge is 0.466 e. The summed E-state index contributed by atoms with van der Waals surface area (Å²) in [7, 11) is 8.45. The first kappa shape index (κ1) is 33.0. The predicted octanol–water partition coefficient (Wildman–Crippen LogP) is 3.75. The van der Waals surface area contributed by atoms with Crippen molar-refractivity contribution in [3.63, 3.8) is 0 Å². The topological polar surface area (TPSA) is 124 Å². The normalized spacial score (nSPS) is 15.0. The molecule has 0 aliphatic carbocycles. The van der Waals surface area contributed by atoms with E-state index in [0.29, 0.717) is 40.6 Å². The van der Waals surface area contributed by atoms with Crippen molar-refractivity contribution in [3.8, 4) is 6.07 Å². The number of quaternary nitrogens is 1. The van der Waals surface area contributed by atoms with Crippen LogP contribution >= 0.6 is 0 Å². The molecular formula is C31H35F3N7O4+. The van der Waals surface area contributed by atoms with E-state index < -0.39 is 29.4 Å². The van der Waals surface area contributed by atoms with Gasteiger partial charge < -0.3 is 14.1 Å². The van der Waals surface area contributed by atoms with Gasteiger partial charge in [0.1, 0.15) is 6.04 Å². The molecule has 0 saturated heterocycles. The molecule has 1 aliphatic heterocycles. The zero-order valence-corrected chi connectivity index (χ0v) is 25.9. The van der Waals surface area contributed by atoms with Crippen molar-refractivity contribution in [1.82, 2.24) is 19.7 Å². The molecule has 0 spiro atoms. The number of amides is 1. The molecule has 0 saturated carbocycles. The highest BCUT2D eigenvalue weighted by atomic mass is 19.4. The monoisotopic (exact) mass is 626 g/mol. The van der Waals surface area contributed by atoms with Gasteiger partial charge in [0.15, 0.2) is 6.54 Å². The third-order valence-corrected chi connectivity index (χ3v) is 7.82. The Balaban J connectivity index is 1.85. The summed E-state index contributed by atoms with van der Waals surface area (Å²) >= 11 is 0. The number of halogens is 3. The number of nitrogens with one attached hydrogen (secondary N) is 1. The Morgan fingerprint density at radius 2 is 1.89 bits per heavy atom. The molecule has 4 rings (SSSR count). The molecule has 14 heteroatoms. The Kier molecular flexibility index (Phi) is 9.25. The molecule has 1 N–H and O–H groups in total. The van der Waals surface area contributed by atoms with Gasteiger partial charge in [-0.1, -0.05) is 12.1 Å². The number of anilines is 2. The molecule has 0 unspecified atom stereocenters. The van der Waals surface area contributed by atoms with Gasteiger partial charge in [-0.05, 0) is 54.8 Å². The molecule has 1 aliphatic rings. The minimum absolute atomic E-state index is 0.0181. The van der Waals surface area contributed by atoms with Crippen LogP contribution in [0.25, 0.3) is 0 Å². The Morgan fingerprint density at radius 1 is 1.18 bits per heavy atom. The highest BCUT2D eigenvalue weighted by molar-refractivity contribution is 5.93. The van der Waals surface area contributed by atoms with E-state index in [9.17, 15) is 32.8 Å². The number of aromatic amines is 1. The van der Waals surface area contributed by atoms with Crippen molar-refractivity contribution in [3.05, 3.63) is 86.5 Å². The number of hydrogen-bond acceptors (Lipinski definition) is 7.